The van der Waals surface area contributed by atoms with E-state index in [4.69, 9.17) is 5.26 Å². The fourth-order valence-corrected chi connectivity index (χ4v) is 1.47. The van der Waals surface area contributed by atoms with E-state index >= 15 is 0 Å². The normalized spacial score (nSPS) is 9.53. The molecule has 0 aliphatic heterocycles. The lowest BCUT2D eigenvalue weighted by atomic mass is 10.1. The first kappa shape index (κ1) is 13.0. The molecule has 0 aliphatic carbocycles. The zero-order chi connectivity index (χ0) is 12.8. The Morgan fingerprint density at radius 1 is 1.53 bits per heavy atom. The van der Waals surface area contributed by atoms with Crippen LogP contribution in [0, 0.1) is 18.3 Å². The van der Waals surface area contributed by atoms with Crippen LogP contribution in [0.4, 0.5) is 5.69 Å². The van der Waals surface area contributed by atoms with Crippen molar-refractivity contribution in [2.24, 2.45) is 0 Å². The topological polar surface area (TPSA) is 56.1 Å². The zero-order valence-corrected chi connectivity index (χ0v) is 10.4. The second-order valence-electron chi connectivity index (χ2n) is 3.87. The summed E-state index contributed by atoms with van der Waals surface area (Å²) in [5.41, 5.74) is 2.28. The molecule has 0 atom stereocenters. The number of hydrogen-bond acceptors (Lipinski definition) is 3. The molecule has 0 bridgehead atoms. The van der Waals surface area contributed by atoms with Crippen molar-refractivity contribution in [1.82, 2.24) is 4.90 Å². The summed E-state index contributed by atoms with van der Waals surface area (Å²) in [4.78, 5) is 13.3. The molecule has 0 radical (unpaired) electrons. The first-order valence-corrected chi connectivity index (χ1v) is 5.57. The summed E-state index contributed by atoms with van der Waals surface area (Å²) >= 11 is 0. The Hall–Kier alpha value is -2.02. The van der Waals surface area contributed by atoms with Crippen LogP contribution in [0.5, 0.6) is 0 Å². The molecule has 1 N–H and O–H groups in total. The number of carbonyl (C=O) groups is 1. The van der Waals surface area contributed by atoms with Gasteiger partial charge in [0.2, 0.25) is 5.91 Å². The van der Waals surface area contributed by atoms with Crippen LogP contribution in [0.15, 0.2) is 18.2 Å². The van der Waals surface area contributed by atoms with Crippen LogP contribution in [0.3, 0.4) is 0 Å². The van der Waals surface area contributed by atoms with Crippen LogP contribution in [0.25, 0.3) is 0 Å². The summed E-state index contributed by atoms with van der Waals surface area (Å²) in [6.45, 7) is 4.73. The summed E-state index contributed by atoms with van der Waals surface area (Å²) in [5, 5.41) is 12.0. The Morgan fingerprint density at radius 3 is 2.82 bits per heavy atom. The lowest BCUT2D eigenvalue weighted by Crippen LogP contribution is -2.32. The molecule has 1 amide bonds. The third-order valence-corrected chi connectivity index (χ3v) is 2.71. The monoisotopic (exact) mass is 231 g/mol. The van der Waals surface area contributed by atoms with E-state index in [1.165, 1.54) is 0 Å². The maximum Gasteiger partial charge on any atom is 0.241 e. The quantitative estimate of drug-likeness (QED) is 0.859. The lowest BCUT2D eigenvalue weighted by molar-refractivity contribution is -0.127. The standard InChI is InChI=1S/C13H17N3O/c1-4-16(3)12(17)9-15-13-10(2)6-5-7-11(13)8-14/h5-7,15H,4,9H2,1-3H3. The van der Waals surface area contributed by atoms with Gasteiger partial charge in [-0.15, -0.1) is 0 Å². The van der Waals surface area contributed by atoms with Crippen molar-refractivity contribution < 1.29 is 4.79 Å². The van der Waals surface area contributed by atoms with Gasteiger partial charge in [-0.3, -0.25) is 4.79 Å². The Balaban J connectivity index is 2.76. The van der Waals surface area contributed by atoms with Crippen LogP contribution < -0.4 is 5.32 Å². The summed E-state index contributed by atoms with van der Waals surface area (Å²) in [6.07, 6.45) is 0. The van der Waals surface area contributed by atoms with E-state index in [0.717, 1.165) is 11.3 Å². The number of carbonyl (C=O) groups excluding carboxylic acids is 1. The number of para-hydroxylation sites is 1. The van der Waals surface area contributed by atoms with Crippen molar-refractivity contribution in [3.8, 4) is 6.07 Å². The largest absolute Gasteiger partial charge is 0.375 e. The second kappa shape index (κ2) is 5.90. The van der Waals surface area contributed by atoms with Gasteiger partial charge in [-0.1, -0.05) is 12.1 Å². The van der Waals surface area contributed by atoms with E-state index in [9.17, 15) is 4.79 Å². The van der Waals surface area contributed by atoms with E-state index in [1.54, 1.807) is 18.0 Å². The predicted molar refractivity (Wildman–Crippen MR) is 67.7 cm³/mol. The van der Waals surface area contributed by atoms with E-state index in [0.29, 0.717) is 12.1 Å². The van der Waals surface area contributed by atoms with E-state index < -0.39 is 0 Å². The van der Waals surface area contributed by atoms with Gasteiger partial charge in [0, 0.05) is 13.6 Å². The molecule has 1 rings (SSSR count). The molecule has 1 aromatic rings. The molecule has 1 aromatic carbocycles. The van der Waals surface area contributed by atoms with Gasteiger partial charge in [-0.05, 0) is 25.5 Å². The van der Waals surface area contributed by atoms with Crippen LogP contribution in [0.2, 0.25) is 0 Å². The summed E-state index contributed by atoms with van der Waals surface area (Å²) in [7, 11) is 1.76. The number of nitriles is 1. The van der Waals surface area contributed by atoms with Gasteiger partial charge >= 0.3 is 0 Å². The fourth-order valence-electron chi connectivity index (χ4n) is 1.47. The first-order valence-electron chi connectivity index (χ1n) is 5.57. The van der Waals surface area contributed by atoms with Crippen molar-refractivity contribution in [2.75, 3.05) is 25.5 Å². The fraction of sp³-hybridized carbons (Fsp3) is 0.385. The highest BCUT2D eigenvalue weighted by atomic mass is 16.2. The number of aryl methyl sites for hydroxylation is 1. The van der Waals surface area contributed by atoms with Gasteiger partial charge in [-0.2, -0.15) is 5.26 Å². The Bertz CT molecular complexity index is 448. The number of likely N-dealkylation sites (N-methyl/N-ethyl adjacent to an activating group) is 1. The first-order chi connectivity index (χ1) is 8.10. The number of benzene rings is 1. The second-order valence-corrected chi connectivity index (χ2v) is 3.87. The maximum absolute atomic E-state index is 11.6. The highest BCUT2D eigenvalue weighted by molar-refractivity contribution is 5.81. The Morgan fingerprint density at radius 2 is 2.24 bits per heavy atom. The molecule has 17 heavy (non-hydrogen) atoms. The van der Waals surface area contributed by atoms with Crippen LogP contribution >= 0.6 is 0 Å². The smallest absolute Gasteiger partial charge is 0.241 e. The van der Waals surface area contributed by atoms with Gasteiger partial charge in [-0.25, -0.2) is 0 Å². The molecular formula is C13H17N3O. The highest BCUT2D eigenvalue weighted by Crippen LogP contribution is 2.19. The van der Waals surface area contributed by atoms with E-state index in [-0.39, 0.29) is 12.5 Å². The number of amides is 1. The van der Waals surface area contributed by atoms with Crippen molar-refractivity contribution in [2.45, 2.75) is 13.8 Å². The summed E-state index contributed by atoms with van der Waals surface area (Å²) in [5.74, 6) is 0.0136. The summed E-state index contributed by atoms with van der Waals surface area (Å²) < 4.78 is 0. The number of nitrogens with zero attached hydrogens (tertiary/aromatic N) is 2. The molecule has 0 saturated heterocycles. The SMILES string of the molecule is CCN(C)C(=O)CNc1c(C)cccc1C#N. The van der Waals surface area contributed by atoms with E-state index in [1.807, 2.05) is 26.0 Å². The molecular weight excluding hydrogens is 214 g/mol. The maximum atomic E-state index is 11.6. The van der Waals surface area contributed by atoms with Gasteiger partial charge in [0.25, 0.3) is 0 Å². The lowest BCUT2D eigenvalue weighted by Gasteiger charge is -2.16. The molecule has 0 unspecified atom stereocenters. The Labute approximate surface area is 102 Å². The molecule has 4 nitrogen and oxygen atoms in total. The highest BCUT2D eigenvalue weighted by Gasteiger charge is 2.09. The number of nitrogens with one attached hydrogen (secondary N) is 1. The molecule has 0 fully saturated rings. The minimum absolute atomic E-state index is 0.0136. The molecule has 0 aromatic heterocycles. The van der Waals surface area contributed by atoms with Crippen LogP contribution in [-0.2, 0) is 4.79 Å². The molecule has 0 aliphatic rings. The van der Waals surface area contributed by atoms with Crippen molar-refractivity contribution >= 4 is 11.6 Å². The average molecular weight is 231 g/mol. The molecule has 0 spiro atoms. The van der Waals surface area contributed by atoms with E-state index in [2.05, 4.69) is 11.4 Å². The third kappa shape index (κ3) is 3.22. The minimum atomic E-state index is 0.0136. The molecule has 90 valence electrons. The van der Waals surface area contributed by atoms with Crippen LogP contribution in [0.1, 0.15) is 18.1 Å². The number of hydrogen-bond donors (Lipinski definition) is 1. The van der Waals surface area contributed by atoms with Gasteiger partial charge in [0.15, 0.2) is 0 Å². The van der Waals surface area contributed by atoms with Gasteiger partial charge < -0.3 is 10.2 Å². The zero-order valence-electron chi connectivity index (χ0n) is 10.4. The van der Waals surface area contributed by atoms with Crippen LogP contribution in [-0.4, -0.2) is 30.9 Å². The third-order valence-electron chi connectivity index (χ3n) is 2.71. The average Bonchev–Trinajstić information content (AvgIpc) is 2.35. The molecule has 4 heteroatoms. The van der Waals surface area contributed by atoms with Crippen molar-refractivity contribution in [3.05, 3.63) is 29.3 Å². The number of rotatable bonds is 4. The minimum Gasteiger partial charge on any atom is -0.375 e. The summed E-state index contributed by atoms with van der Waals surface area (Å²) in [6, 6.07) is 7.60. The predicted octanol–water partition coefficient (Wildman–Crippen LogP) is 1.76. The molecule has 0 saturated carbocycles. The Kier molecular flexibility index (Phi) is 4.53. The van der Waals surface area contributed by atoms with Crippen molar-refractivity contribution in [1.29, 1.82) is 5.26 Å². The van der Waals surface area contributed by atoms with Gasteiger partial charge in [0.05, 0.1) is 17.8 Å². The van der Waals surface area contributed by atoms with Gasteiger partial charge in [0.1, 0.15) is 6.07 Å². The van der Waals surface area contributed by atoms with Crippen molar-refractivity contribution in [3.63, 3.8) is 0 Å². The number of anilines is 1. The molecule has 0 heterocycles.